The van der Waals surface area contributed by atoms with Crippen molar-refractivity contribution in [2.24, 2.45) is 5.14 Å². The molecule has 1 aromatic heterocycles. The van der Waals surface area contributed by atoms with Crippen LogP contribution in [-0.4, -0.2) is 37.1 Å². The first-order valence-corrected chi connectivity index (χ1v) is 6.60. The van der Waals surface area contributed by atoms with E-state index in [9.17, 15) is 0 Å². The quantitative estimate of drug-likeness (QED) is 0.644. The Morgan fingerprint density at radius 3 is 2.94 bits per heavy atom. The molecule has 1 rings (SSSR count). The highest BCUT2D eigenvalue weighted by Gasteiger charge is 2.05. The molecular formula is C10H16BrN3OS. The van der Waals surface area contributed by atoms with Gasteiger partial charge >= 0.3 is 0 Å². The van der Waals surface area contributed by atoms with E-state index in [1.807, 2.05) is 20.2 Å². The number of pyridine rings is 1. The van der Waals surface area contributed by atoms with Gasteiger partial charge < -0.3 is 9.64 Å². The topological polar surface area (TPSA) is 51.4 Å². The van der Waals surface area contributed by atoms with Gasteiger partial charge in [0, 0.05) is 17.2 Å². The fourth-order valence-corrected chi connectivity index (χ4v) is 2.04. The van der Waals surface area contributed by atoms with Crippen LogP contribution in [0, 0.1) is 0 Å². The summed E-state index contributed by atoms with van der Waals surface area (Å²) in [5.74, 6) is 0.606. The highest BCUT2D eigenvalue weighted by molar-refractivity contribution is 9.10. The number of aromatic nitrogens is 1. The fraction of sp³-hybridized carbons (Fsp3) is 0.500. The minimum absolute atomic E-state index is 0.606. The molecule has 0 spiro atoms. The van der Waals surface area contributed by atoms with Gasteiger partial charge in [0.2, 0.25) is 5.88 Å². The maximum Gasteiger partial charge on any atom is 0.228 e. The van der Waals surface area contributed by atoms with Crippen LogP contribution in [0.25, 0.3) is 0 Å². The van der Waals surface area contributed by atoms with Gasteiger partial charge in [0.15, 0.2) is 0 Å². The summed E-state index contributed by atoms with van der Waals surface area (Å²) in [6, 6.07) is 1.90. The third-order valence-corrected chi connectivity index (χ3v) is 2.88. The van der Waals surface area contributed by atoms with Crippen molar-refractivity contribution in [1.82, 2.24) is 9.88 Å². The van der Waals surface area contributed by atoms with Gasteiger partial charge in [0.05, 0.1) is 11.5 Å². The second kappa shape index (κ2) is 7.11. The van der Waals surface area contributed by atoms with Crippen LogP contribution >= 0.6 is 27.9 Å². The number of nitrogens with zero attached hydrogens (tertiary/aromatic N) is 2. The van der Waals surface area contributed by atoms with Gasteiger partial charge in [-0.1, -0.05) is 0 Å². The first-order valence-electron chi connectivity index (χ1n) is 4.93. The molecule has 1 aromatic rings. The van der Waals surface area contributed by atoms with E-state index < -0.39 is 0 Å². The van der Waals surface area contributed by atoms with Crippen molar-refractivity contribution in [3.63, 3.8) is 0 Å². The van der Waals surface area contributed by atoms with E-state index in [2.05, 4.69) is 25.8 Å². The third-order valence-electron chi connectivity index (χ3n) is 1.90. The van der Waals surface area contributed by atoms with E-state index >= 15 is 0 Å². The van der Waals surface area contributed by atoms with Crippen LogP contribution in [-0.2, 0) is 0 Å². The Morgan fingerprint density at radius 2 is 2.31 bits per heavy atom. The molecule has 0 atom stereocenters. The second-order valence-electron chi connectivity index (χ2n) is 3.58. The van der Waals surface area contributed by atoms with E-state index in [0.717, 1.165) is 34.3 Å². The normalized spacial score (nSPS) is 10.8. The van der Waals surface area contributed by atoms with Crippen LogP contribution in [0.5, 0.6) is 5.88 Å². The van der Waals surface area contributed by atoms with Crippen molar-refractivity contribution in [2.45, 2.75) is 11.3 Å². The minimum Gasteiger partial charge on any atom is -0.477 e. The molecular weight excluding hydrogens is 290 g/mol. The summed E-state index contributed by atoms with van der Waals surface area (Å²) in [6.45, 7) is 1.65. The van der Waals surface area contributed by atoms with Crippen molar-refractivity contribution < 1.29 is 4.74 Å². The number of hydrogen-bond donors (Lipinski definition) is 1. The van der Waals surface area contributed by atoms with Crippen LogP contribution < -0.4 is 9.88 Å². The summed E-state index contributed by atoms with van der Waals surface area (Å²) in [5, 5.41) is 5.54. The molecule has 0 aromatic carbocycles. The summed E-state index contributed by atoms with van der Waals surface area (Å²) < 4.78 is 6.48. The van der Waals surface area contributed by atoms with E-state index in [4.69, 9.17) is 9.88 Å². The summed E-state index contributed by atoms with van der Waals surface area (Å²) in [4.78, 5) is 7.15. The fourth-order valence-electron chi connectivity index (χ4n) is 1.15. The van der Waals surface area contributed by atoms with E-state index in [-0.39, 0.29) is 0 Å². The predicted molar refractivity (Wildman–Crippen MR) is 70.6 cm³/mol. The standard InChI is InChI=1S/C10H16BrN3OS/c1-14(2)4-3-5-15-10-9(16-12)6-8(11)7-13-10/h6-7H,3-5,12H2,1-2H3. The van der Waals surface area contributed by atoms with E-state index in [1.54, 1.807) is 6.20 Å². The maximum atomic E-state index is 5.57. The Bertz CT molecular complexity index is 336. The molecule has 0 amide bonds. The lowest BCUT2D eigenvalue weighted by molar-refractivity contribution is 0.267. The summed E-state index contributed by atoms with van der Waals surface area (Å²) >= 11 is 4.49. The summed E-state index contributed by atoms with van der Waals surface area (Å²) in [6.07, 6.45) is 2.68. The molecule has 16 heavy (non-hydrogen) atoms. The summed E-state index contributed by atoms with van der Waals surface area (Å²) in [7, 11) is 4.08. The maximum absolute atomic E-state index is 5.57. The van der Waals surface area contributed by atoms with Crippen molar-refractivity contribution in [2.75, 3.05) is 27.2 Å². The molecule has 1 heterocycles. The molecule has 0 aliphatic heterocycles. The summed E-state index contributed by atoms with van der Waals surface area (Å²) in [5.41, 5.74) is 0. The van der Waals surface area contributed by atoms with Crippen molar-refractivity contribution in [3.05, 3.63) is 16.7 Å². The molecule has 0 saturated heterocycles. The van der Waals surface area contributed by atoms with Crippen LogP contribution in [0.4, 0.5) is 0 Å². The van der Waals surface area contributed by atoms with Gasteiger partial charge in [-0.05, 0) is 54.5 Å². The lowest BCUT2D eigenvalue weighted by Crippen LogP contribution is -2.15. The van der Waals surface area contributed by atoms with Gasteiger partial charge in [-0.3, -0.25) is 5.14 Å². The van der Waals surface area contributed by atoms with Crippen molar-refractivity contribution in [3.8, 4) is 5.88 Å². The molecule has 0 fully saturated rings. The highest BCUT2D eigenvalue weighted by Crippen LogP contribution is 2.26. The number of halogens is 1. The Balaban J connectivity index is 2.47. The molecule has 0 aliphatic rings. The third kappa shape index (κ3) is 4.69. The molecule has 0 saturated carbocycles. The zero-order valence-electron chi connectivity index (χ0n) is 9.44. The number of nitrogens with two attached hydrogens (primary N) is 1. The van der Waals surface area contributed by atoms with Crippen molar-refractivity contribution in [1.29, 1.82) is 0 Å². The minimum atomic E-state index is 0.606. The smallest absolute Gasteiger partial charge is 0.228 e. The Hall–Kier alpha value is -0.300. The molecule has 0 aliphatic carbocycles. The first kappa shape index (κ1) is 13.8. The lowest BCUT2D eigenvalue weighted by atomic mass is 10.4. The van der Waals surface area contributed by atoms with Gasteiger partial charge in [-0.2, -0.15) is 0 Å². The van der Waals surface area contributed by atoms with Gasteiger partial charge in [-0.15, -0.1) is 0 Å². The number of ether oxygens (including phenoxy) is 1. The molecule has 2 N–H and O–H groups in total. The van der Waals surface area contributed by atoms with Gasteiger partial charge in [-0.25, -0.2) is 4.98 Å². The average molecular weight is 306 g/mol. The van der Waals surface area contributed by atoms with Crippen LogP contribution in [0.2, 0.25) is 0 Å². The van der Waals surface area contributed by atoms with E-state index in [1.165, 1.54) is 0 Å². The molecule has 0 radical (unpaired) electrons. The van der Waals surface area contributed by atoms with Gasteiger partial charge in [0.25, 0.3) is 0 Å². The second-order valence-corrected chi connectivity index (χ2v) is 5.17. The zero-order valence-corrected chi connectivity index (χ0v) is 11.8. The van der Waals surface area contributed by atoms with Crippen LogP contribution in [0.3, 0.4) is 0 Å². The predicted octanol–water partition coefficient (Wildman–Crippen LogP) is 2.14. The van der Waals surface area contributed by atoms with Crippen molar-refractivity contribution >= 4 is 27.9 Å². The van der Waals surface area contributed by atoms with Crippen LogP contribution in [0.1, 0.15) is 6.42 Å². The Morgan fingerprint density at radius 1 is 1.56 bits per heavy atom. The number of rotatable bonds is 6. The number of hydrogen-bond acceptors (Lipinski definition) is 5. The average Bonchev–Trinajstić information content (AvgIpc) is 2.25. The Kier molecular flexibility index (Phi) is 6.12. The molecule has 4 nitrogen and oxygen atoms in total. The largest absolute Gasteiger partial charge is 0.477 e. The van der Waals surface area contributed by atoms with E-state index in [0.29, 0.717) is 12.5 Å². The SMILES string of the molecule is CN(C)CCCOc1ncc(Br)cc1SN. The highest BCUT2D eigenvalue weighted by atomic mass is 79.9. The lowest BCUT2D eigenvalue weighted by Gasteiger charge is -2.11. The molecule has 6 heteroatoms. The molecule has 90 valence electrons. The first-order chi connectivity index (χ1) is 7.63. The Labute approximate surface area is 109 Å². The van der Waals surface area contributed by atoms with Crippen LogP contribution in [0.15, 0.2) is 21.6 Å². The van der Waals surface area contributed by atoms with Gasteiger partial charge in [0.1, 0.15) is 0 Å². The monoisotopic (exact) mass is 305 g/mol. The zero-order chi connectivity index (χ0) is 12.0. The molecule has 0 bridgehead atoms. The molecule has 0 unspecified atom stereocenters.